The first-order chi connectivity index (χ1) is 7.88. The highest BCUT2D eigenvalue weighted by Gasteiger charge is 2.13. The lowest BCUT2D eigenvalue weighted by Crippen LogP contribution is -1.93. The summed E-state index contributed by atoms with van der Waals surface area (Å²) in [4.78, 5) is 9.78. The van der Waals surface area contributed by atoms with Gasteiger partial charge < -0.3 is 9.15 Å². The molecule has 0 aliphatic heterocycles. The first kappa shape index (κ1) is 9.35. The van der Waals surface area contributed by atoms with E-state index < -0.39 is 0 Å². The van der Waals surface area contributed by atoms with E-state index in [1.54, 1.807) is 30.8 Å². The van der Waals surface area contributed by atoms with Gasteiger partial charge in [0.15, 0.2) is 0 Å². The van der Waals surface area contributed by atoms with Gasteiger partial charge in [0, 0.05) is 6.07 Å². The smallest absolute Gasteiger partial charge is 0.248 e. The summed E-state index contributed by atoms with van der Waals surface area (Å²) < 4.78 is 10.4. The molecule has 5 heteroatoms. The van der Waals surface area contributed by atoms with E-state index in [4.69, 9.17) is 9.15 Å². The van der Waals surface area contributed by atoms with E-state index in [0.29, 0.717) is 11.6 Å². The third-order valence-electron chi connectivity index (χ3n) is 2.21. The van der Waals surface area contributed by atoms with Crippen molar-refractivity contribution in [3.63, 3.8) is 0 Å². The molecule has 0 spiro atoms. The topological polar surface area (TPSA) is 48.2 Å². The number of furan rings is 1. The molecule has 0 saturated heterocycles. The predicted molar refractivity (Wildman–Crippen MR) is 61.7 cm³/mol. The van der Waals surface area contributed by atoms with Crippen molar-refractivity contribution < 1.29 is 9.15 Å². The van der Waals surface area contributed by atoms with Gasteiger partial charge in [-0.2, -0.15) is 4.98 Å². The maximum Gasteiger partial charge on any atom is 0.248 e. The van der Waals surface area contributed by atoms with E-state index in [2.05, 4.69) is 9.97 Å². The average Bonchev–Trinajstić information content (AvgIpc) is 2.97. The number of thiophene rings is 1. The molecule has 4 nitrogen and oxygen atoms in total. The normalized spacial score (nSPS) is 10.8. The highest BCUT2D eigenvalue weighted by atomic mass is 32.1. The largest absolute Gasteiger partial charge is 0.479 e. The SMILES string of the molecule is COc1nc2occc2nc1-c1cccs1. The first-order valence-electron chi connectivity index (χ1n) is 4.71. The molecule has 3 aromatic heterocycles. The molecule has 80 valence electrons. The van der Waals surface area contributed by atoms with Crippen LogP contribution in [0, 0.1) is 0 Å². The van der Waals surface area contributed by atoms with Gasteiger partial charge in [-0.05, 0) is 11.4 Å². The Hall–Kier alpha value is -1.88. The van der Waals surface area contributed by atoms with Gasteiger partial charge in [0.05, 0.1) is 18.3 Å². The molecule has 0 fully saturated rings. The highest BCUT2D eigenvalue weighted by Crippen LogP contribution is 2.31. The van der Waals surface area contributed by atoms with Crippen LogP contribution in [0.4, 0.5) is 0 Å². The van der Waals surface area contributed by atoms with Crippen LogP contribution in [-0.2, 0) is 0 Å². The Morgan fingerprint density at radius 2 is 2.25 bits per heavy atom. The van der Waals surface area contributed by atoms with Crippen molar-refractivity contribution in [2.75, 3.05) is 7.11 Å². The minimum atomic E-state index is 0.491. The minimum absolute atomic E-state index is 0.491. The van der Waals surface area contributed by atoms with Crippen LogP contribution in [0.15, 0.2) is 34.3 Å². The number of hydrogen-bond donors (Lipinski definition) is 0. The molecule has 3 rings (SSSR count). The summed E-state index contributed by atoms with van der Waals surface area (Å²) >= 11 is 1.60. The van der Waals surface area contributed by atoms with Crippen molar-refractivity contribution in [2.45, 2.75) is 0 Å². The summed E-state index contributed by atoms with van der Waals surface area (Å²) in [6.07, 6.45) is 1.57. The molecule has 0 unspecified atom stereocenters. The maximum absolute atomic E-state index is 5.22. The third kappa shape index (κ3) is 1.37. The Morgan fingerprint density at radius 3 is 3.00 bits per heavy atom. The number of nitrogens with zero attached hydrogens (tertiary/aromatic N) is 2. The van der Waals surface area contributed by atoms with Crippen LogP contribution in [0.1, 0.15) is 0 Å². The summed E-state index contributed by atoms with van der Waals surface area (Å²) in [6.45, 7) is 0. The van der Waals surface area contributed by atoms with Gasteiger partial charge in [-0.15, -0.1) is 11.3 Å². The molecule has 0 amide bonds. The van der Waals surface area contributed by atoms with Crippen LogP contribution < -0.4 is 4.74 Å². The zero-order valence-corrected chi connectivity index (χ0v) is 9.32. The Bertz CT molecular complexity index is 616. The molecule has 16 heavy (non-hydrogen) atoms. The molecular weight excluding hydrogens is 224 g/mol. The van der Waals surface area contributed by atoms with E-state index in [1.807, 2.05) is 17.5 Å². The van der Waals surface area contributed by atoms with Crippen molar-refractivity contribution in [3.8, 4) is 16.5 Å². The second-order valence-corrected chi connectivity index (χ2v) is 4.12. The number of methoxy groups -OCH3 is 1. The molecular formula is C11H8N2O2S. The van der Waals surface area contributed by atoms with E-state index in [9.17, 15) is 0 Å². The fourth-order valence-electron chi connectivity index (χ4n) is 1.49. The lowest BCUT2D eigenvalue weighted by atomic mass is 10.3. The number of hydrogen-bond acceptors (Lipinski definition) is 5. The summed E-state index contributed by atoms with van der Waals surface area (Å²) in [5.74, 6) is 0.491. The molecule has 0 aliphatic rings. The summed E-state index contributed by atoms with van der Waals surface area (Å²) in [7, 11) is 1.58. The molecule has 0 N–H and O–H groups in total. The first-order valence-corrected chi connectivity index (χ1v) is 5.59. The van der Waals surface area contributed by atoms with Crippen LogP contribution in [0.3, 0.4) is 0 Å². The van der Waals surface area contributed by atoms with Gasteiger partial charge in [0.1, 0.15) is 11.2 Å². The average molecular weight is 232 g/mol. The Morgan fingerprint density at radius 1 is 1.31 bits per heavy atom. The monoisotopic (exact) mass is 232 g/mol. The Balaban J connectivity index is 2.29. The van der Waals surface area contributed by atoms with Crippen LogP contribution in [-0.4, -0.2) is 17.1 Å². The Labute approximate surface area is 95.5 Å². The molecule has 3 aromatic rings. The summed E-state index contributed by atoms with van der Waals surface area (Å²) in [5.41, 5.74) is 1.99. The van der Waals surface area contributed by atoms with E-state index in [1.165, 1.54) is 0 Å². The number of rotatable bonds is 2. The number of ether oxygens (including phenoxy) is 1. The number of fused-ring (bicyclic) bond motifs is 1. The molecule has 0 atom stereocenters. The van der Waals surface area contributed by atoms with Crippen molar-refractivity contribution in [2.24, 2.45) is 0 Å². The van der Waals surface area contributed by atoms with Gasteiger partial charge in [0.25, 0.3) is 0 Å². The number of aromatic nitrogens is 2. The standard InChI is InChI=1S/C11H8N2O2S/c1-14-11-9(8-3-2-6-16-8)12-7-4-5-15-10(7)13-11/h2-6H,1H3. The van der Waals surface area contributed by atoms with Crippen LogP contribution in [0.2, 0.25) is 0 Å². The van der Waals surface area contributed by atoms with Crippen LogP contribution in [0.5, 0.6) is 5.88 Å². The quantitative estimate of drug-likeness (QED) is 0.681. The summed E-state index contributed by atoms with van der Waals surface area (Å²) in [6, 6.07) is 5.75. The zero-order chi connectivity index (χ0) is 11.0. The molecule has 0 saturated carbocycles. The van der Waals surface area contributed by atoms with Gasteiger partial charge >= 0.3 is 0 Å². The van der Waals surface area contributed by atoms with Gasteiger partial charge in [-0.25, -0.2) is 4.98 Å². The van der Waals surface area contributed by atoms with E-state index >= 15 is 0 Å². The second-order valence-electron chi connectivity index (χ2n) is 3.17. The Kier molecular flexibility index (Phi) is 2.11. The van der Waals surface area contributed by atoms with Crippen molar-refractivity contribution in [3.05, 3.63) is 29.8 Å². The van der Waals surface area contributed by atoms with Crippen molar-refractivity contribution in [1.29, 1.82) is 0 Å². The second kappa shape index (κ2) is 3.61. The van der Waals surface area contributed by atoms with Gasteiger partial charge in [-0.3, -0.25) is 0 Å². The highest BCUT2D eigenvalue weighted by molar-refractivity contribution is 7.13. The lowest BCUT2D eigenvalue weighted by Gasteiger charge is -2.03. The van der Waals surface area contributed by atoms with Gasteiger partial charge in [-0.1, -0.05) is 6.07 Å². The predicted octanol–water partition coefficient (Wildman–Crippen LogP) is 2.96. The van der Waals surface area contributed by atoms with Crippen molar-refractivity contribution in [1.82, 2.24) is 9.97 Å². The third-order valence-corrected chi connectivity index (χ3v) is 3.09. The fraction of sp³-hybridized carbons (Fsp3) is 0.0909. The van der Waals surface area contributed by atoms with Crippen molar-refractivity contribution >= 4 is 22.6 Å². The fourth-order valence-corrected chi connectivity index (χ4v) is 2.20. The van der Waals surface area contributed by atoms with Gasteiger partial charge in [0.2, 0.25) is 11.6 Å². The molecule has 0 bridgehead atoms. The molecule has 3 heterocycles. The lowest BCUT2D eigenvalue weighted by molar-refractivity contribution is 0.397. The molecule has 0 radical (unpaired) electrons. The van der Waals surface area contributed by atoms with E-state index in [-0.39, 0.29) is 0 Å². The van der Waals surface area contributed by atoms with Crippen LogP contribution in [0.25, 0.3) is 21.8 Å². The minimum Gasteiger partial charge on any atom is -0.479 e. The van der Waals surface area contributed by atoms with E-state index in [0.717, 1.165) is 16.1 Å². The molecule has 0 aromatic carbocycles. The summed E-state index contributed by atoms with van der Waals surface area (Å²) in [5, 5.41) is 2.00. The maximum atomic E-state index is 5.22. The molecule has 0 aliphatic carbocycles. The zero-order valence-electron chi connectivity index (χ0n) is 8.51. The van der Waals surface area contributed by atoms with Crippen LogP contribution >= 0.6 is 11.3 Å².